The van der Waals surface area contributed by atoms with Gasteiger partial charge in [0.1, 0.15) is 5.75 Å². The zero-order valence-corrected chi connectivity index (χ0v) is 14.8. The van der Waals surface area contributed by atoms with Gasteiger partial charge < -0.3 is 19.5 Å². The molecule has 1 N–H and O–H groups in total. The molecule has 132 valence electrons. The third-order valence-electron chi connectivity index (χ3n) is 4.26. The predicted octanol–water partition coefficient (Wildman–Crippen LogP) is 3.54. The Morgan fingerprint density at radius 1 is 1.12 bits per heavy atom. The fraction of sp³-hybridized carbons (Fsp3) is 0.350. The fourth-order valence-electron chi connectivity index (χ4n) is 2.75. The molecule has 3 rings (SSSR count). The van der Waals surface area contributed by atoms with Gasteiger partial charge in [0.2, 0.25) is 6.79 Å². The lowest BCUT2D eigenvalue weighted by Gasteiger charge is -2.12. The molecule has 0 fully saturated rings. The van der Waals surface area contributed by atoms with E-state index in [-0.39, 0.29) is 12.7 Å². The number of ether oxygens (including phenoxy) is 3. The van der Waals surface area contributed by atoms with Crippen molar-refractivity contribution in [1.29, 1.82) is 0 Å². The van der Waals surface area contributed by atoms with Crippen LogP contribution in [0.1, 0.15) is 33.5 Å². The van der Waals surface area contributed by atoms with E-state index in [1.807, 2.05) is 6.07 Å². The Hall–Kier alpha value is -2.69. The van der Waals surface area contributed by atoms with E-state index in [0.29, 0.717) is 30.2 Å². The molecule has 0 saturated heterocycles. The van der Waals surface area contributed by atoms with E-state index in [9.17, 15) is 4.79 Å². The highest BCUT2D eigenvalue weighted by Crippen LogP contribution is 2.32. The molecule has 1 aliphatic heterocycles. The van der Waals surface area contributed by atoms with Gasteiger partial charge in [0.05, 0.1) is 6.61 Å². The summed E-state index contributed by atoms with van der Waals surface area (Å²) < 4.78 is 16.4. The van der Waals surface area contributed by atoms with Crippen molar-refractivity contribution in [2.45, 2.75) is 27.2 Å². The monoisotopic (exact) mass is 341 g/mol. The Kier molecular flexibility index (Phi) is 5.12. The van der Waals surface area contributed by atoms with Gasteiger partial charge in [0, 0.05) is 12.1 Å². The second-order valence-corrected chi connectivity index (χ2v) is 6.23. The van der Waals surface area contributed by atoms with Crippen molar-refractivity contribution >= 4 is 5.91 Å². The van der Waals surface area contributed by atoms with Crippen molar-refractivity contribution < 1.29 is 19.0 Å². The molecule has 1 aliphatic rings. The first-order valence-corrected chi connectivity index (χ1v) is 8.43. The van der Waals surface area contributed by atoms with Crippen LogP contribution in [0.2, 0.25) is 0 Å². The summed E-state index contributed by atoms with van der Waals surface area (Å²) in [6.45, 7) is 7.52. The van der Waals surface area contributed by atoms with Gasteiger partial charge in [-0.25, -0.2) is 0 Å². The van der Waals surface area contributed by atoms with Crippen LogP contribution in [0.15, 0.2) is 30.3 Å². The fourth-order valence-corrected chi connectivity index (χ4v) is 2.75. The first-order chi connectivity index (χ1) is 12.0. The van der Waals surface area contributed by atoms with E-state index >= 15 is 0 Å². The number of rotatable bonds is 6. The summed E-state index contributed by atoms with van der Waals surface area (Å²) in [5.74, 6) is 2.08. The van der Waals surface area contributed by atoms with Crippen LogP contribution in [0.3, 0.4) is 0 Å². The first-order valence-electron chi connectivity index (χ1n) is 8.43. The highest BCUT2D eigenvalue weighted by Gasteiger charge is 2.15. The molecule has 5 nitrogen and oxygen atoms in total. The molecule has 0 bridgehead atoms. The van der Waals surface area contributed by atoms with Gasteiger partial charge >= 0.3 is 0 Å². The minimum Gasteiger partial charge on any atom is -0.493 e. The molecule has 5 heteroatoms. The summed E-state index contributed by atoms with van der Waals surface area (Å²) in [5.41, 5.74) is 4.14. The maximum absolute atomic E-state index is 12.2. The van der Waals surface area contributed by atoms with Gasteiger partial charge in [-0.3, -0.25) is 4.79 Å². The lowest BCUT2D eigenvalue weighted by molar-refractivity contribution is 0.0951. The SMILES string of the molecule is Cc1cc(C)c(C)c(OCCCNC(=O)c2ccc3c(c2)OCO3)c1. The number of carbonyl (C=O) groups excluding carboxylic acids is 1. The number of hydrogen-bond donors (Lipinski definition) is 1. The summed E-state index contributed by atoms with van der Waals surface area (Å²) >= 11 is 0. The van der Waals surface area contributed by atoms with Gasteiger partial charge in [-0.15, -0.1) is 0 Å². The standard InChI is InChI=1S/C20H23NO4/c1-13-9-14(2)15(3)18(10-13)23-8-4-7-21-20(22)16-5-6-17-19(11-16)25-12-24-17/h5-6,9-11H,4,7-8,12H2,1-3H3,(H,21,22). The van der Waals surface area contributed by atoms with Crippen molar-refractivity contribution in [2.75, 3.05) is 19.9 Å². The predicted molar refractivity (Wildman–Crippen MR) is 95.7 cm³/mol. The van der Waals surface area contributed by atoms with Crippen LogP contribution >= 0.6 is 0 Å². The molecule has 0 saturated carbocycles. The number of aryl methyl sites for hydroxylation is 2. The molecule has 25 heavy (non-hydrogen) atoms. The van der Waals surface area contributed by atoms with Crippen molar-refractivity contribution in [3.8, 4) is 17.2 Å². The molecular formula is C20H23NO4. The third kappa shape index (κ3) is 4.05. The van der Waals surface area contributed by atoms with Gasteiger partial charge in [0.25, 0.3) is 5.91 Å². The average molecular weight is 341 g/mol. The van der Waals surface area contributed by atoms with E-state index in [2.05, 4.69) is 32.2 Å². The summed E-state index contributed by atoms with van der Waals surface area (Å²) in [5, 5.41) is 2.90. The largest absolute Gasteiger partial charge is 0.493 e. The normalized spacial score (nSPS) is 12.1. The Balaban J connectivity index is 1.45. The van der Waals surface area contributed by atoms with Gasteiger partial charge in [-0.2, -0.15) is 0 Å². The first kappa shape index (κ1) is 17.1. The second-order valence-electron chi connectivity index (χ2n) is 6.23. The van der Waals surface area contributed by atoms with E-state index in [0.717, 1.165) is 17.7 Å². The van der Waals surface area contributed by atoms with Gasteiger partial charge in [-0.05, 0) is 68.1 Å². The Morgan fingerprint density at radius 3 is 2.76 bits per heavy atom. The summed E-state index contributed by atoms with van der Waals surface area (Å²) in [6.07, 6.45) is 0.739. The van der Waals surface area contributed by atoms with Crippen LogP contribution in [0.4, 0.5) is 0 Å². The van der Waals surface area contributed by atoms with Crippen molar-refractivity contribution in [1.82, 2.24) is 5.32 Å². The number of carbonyl (C=O) groups is 1. The molecule has 0 aliphatic carbocycles. The lowest BCUT2D eigenvalue weighted by Crippen LogP contribution is -2.25. The number of benzene rings is 2. The molecule has 2 aromatic rings. The number of hydrogen-bond acceptors (Lipinski definition) is 4. The molecule has 0 spiro atoms. The second kappa shape index (κ2) is 7.47. The van der Waals surface area contributed by atoms with Crippen molar-refractivity contribution in [2.24, 2.45) is 0 Å². The van der Waals surface area contributed by atoms with Gasteiger partial charge in [-0.1, -0.05) is 6.07 Å². The topological polar surface area (TPSA) is 56.8 Å². The van der Waals surface area contributed by atoms with E-state index in [4.69, 9.17) is 14.2 Å². The molecule has 1 amide bonds. The molecule has 1 heterocycles. The zero-order chi connectivity index (χ0) is 17.8. The Labute approximate surface area is 147 Å². The van der Waals surface area contributed by atoms with E-state index < -0.39 is 0 Å². The number of nitrogens with one attached hydrogen (secondary N) is 1. The zero-order valence-electron chi connectivity index (χ0n) is 14.8. The summed E-state index contributed by atoms with van der Waals surface area (Å²) in [4.78, 5) is 12.2. The Bertz CT molecular complexity index is 786. The maximum Gasteiger partial charge on any atom is 0.251 e. The number of fused-ring (bicyclic) bond motifs is 1. The van der Waals surface area contributed by atoms with E-state index in [1.54, 1.807) is 18.2 Å². The highest BCUT2D eigenvalue weighted by atomic mass is 16.7. The highest BCUT2D eigenvalue weighted by molar-refractivity contribution is 5.94. The van der Waals surface area contributed by atoms with Crippen LogP contribution in [-0.2, 0) is 0 Å². The minimum atomic E-state index is -0.124. The Morgan fingerprint density at radius 2 is 1.92 bits per heavy atom. The van der Waals surface area contributed by atoms with Gasteiger partial charge in [0.15, 0.2) is 11.5 Å². The molecule has 2 aromatic carbocycles. The minimum absolute atomic E-state index is 0.124. The van der Waals surface area contributed by atoms with E-state index in [1.165, 1.54) is 11.1 Å². The molecule has 0 unspecified atom stereocenters. The van der Waals surface area contributed by atoms with Crippen LogP contribution < -0.4 is 19.5 Å². The summed E-state index contributed by atoms with van der Waals surface area (Å²) in [7, 11) is 0. The maximum atomic E-state index is 12.2. The summed E-state index contributed by atoms with van der Waals surface area (Å²) in [6, 6.07) is 9.38. The van der Waals surface area contributed by atoms with Crippen LogP contribution in [-0.4, -0.2) is 25.9 Å². The lowest BCUT2D eigenvalue weighted by atomic mass is 10.1. The molecule has 0 atom stereocenters. The number of amides is 1. The quantitative estimate of drug-likeness (QED) is 0.817. The third-order valence-corrected chi connectivity index (χ3v) is 4.26. The van der Waals surface area contributed by atoms with Crippen molar-refractivity contribution in [3.63, 3.8) is 0 Å². The molecular weight excluding hydrogens is 318 g/mol. The molecule has 0 aromatic heterocycles. The smallest absolute Gasteiger partial charge is 0.251 e. The molecule has 0 radical (unpaired) electrons. The van der Waals surface area contributed by atoms with Crippen LogP contribution in [0, 0.1) is 20.8 Å². The van der Waals surface area contributed by atoms with Crippen molar-refractivity contribution in [3.05, 3.63) is 52.6 Å². The van der Waals surface area contributed by atoms with Crippen LogP contribution in [0.25, 0.3) is 0 Å². The van der Waals surface area contributed by atoms with Crippen LogP contribution in [0.5, 0.6) is 17.2 Å². The average Bonchev–Trinajstić information content (AvgIpc) is 3.06.